The molecule has 0 atom stereocenters. The predicted octanol–water partition coefficient (Wildman–Crippen LogP) is 2.97. The molecule has 1 aromatic carbocycles. The van der Waals surface area contributed by atoms with Crippen molar-refractivity contribution in [1.82, 2.24) is 20.1 Å². The van der Waals surface area contributed by atoms with Crippen LogP contribution in [-0.4, -0.2) is 46.4 Å². The number of morpholine rings is 1. The fourth-order valence-corrected chi connectivity index (χ4v) is 3.65. The fraction of sp³-hybridized carbons (Fsp3) is 0.353. The molecule has 6 nitrogen and oxygen atoms in total. The first-order valence-electron chi connectivity index (χ1n) is 8.03. The summed E-state index contributed by atoms with van der Waals surface area (Å²) in [5, 5.41) is 12.3. The topological polar surface area (TPSA) is 63.2 Å². The summed E-state index contributed by atoms with van der Waals surface area (Å²) in [4.78, 5) is 7.05. The van der Waals surface area contributed by atoms with E-state index in [-0.39, 0.29) is 0 Å². The number of thiazole rings is 1. The van der Waals surface area contributed by atoms with Gasteiger partial charge in [-0.2, -0.15) is 5.10 Å². The third kappa shape index (κ3) is 3.53. The minimum absolute atomic E-state index is 0.716. The number of benzene rings is 1. The predicted molar refractivity (Wildman–Crippen MR) is 95.8 cm³/mol. The molecule has 1 aliphatic rings. The molecule has 0 unspecified atom stereocenters. The van der Waals surface area contributed by atoms with Crippen LogP contribution >= 0.6 is 11.3 Å². The van der Waals surface area contributed by atoms with Crippen LogP contribution in [0.2, 0.25) is 0 Å². The second-order valence-corrected chi connectivity index (χ2v) is 6.93. The molecule has 0 aliphatic carbocycles. The van der Waals surface area contributed by atoms with E-state index in [4.69, 9.17) is 4.74 Å². The zero-order chi connectivity index (χ0) is 16.4. The zero-order valence-corrected chi connectivity index (χ0v) is 14.3. The average Bonchev–Trinajstić information content (AvgIpc) is 2.99. The van der Waals surface area contributed by atoms with Gasteiger partial charge in [-0.3, -0.25) is 4.90 Å². The Kier molecular flexibility index (Phi) is 4.38. The number of rotatable bonds is 4. The second kappa shape index (κ2) is 6.80. The first kappa shape index (κ1) is 15.4. The highest BCUT2D eigenvalue weighted by molar-refractivity contribution is 7.22. The fourth-order valence-electron chi connectivity index (χ4n) is 2.71. The number of hydrogen-bond acceptors (Lipinski definition) is 7. The van der Waals surface area contributed by atoms with Crippen molar-refractivity contribution < 1.29 is 4.74 Å². The van der Waals surface area contributed by atoms with Gasteiger partial charge in [-0.05, 0) is 36.8 Å². The van der Waals surface area contributed by atoms with E-state index in [1.165, 1.54) is 10.3 Å². The molecule has 1 aliphatic heterocycles. The maximum absolute atomic E-state index is 5.41. The molecule has 2 aromatic heterocycles. The van der Waals surface area contributed by atoms with Crippen molar-refractivity contribution in [3.63, 3.8) is 0 Å². The van der Waals surface area contributed by atoms with Crippen LogP contribution in [0, 0.1) is 6.92 Å². The van der Waals surface area contributed by atoms with Crippen LogP contribution in [0.15, 0.2) is 30.3 Å². The Morgan fingerprint density at radius 3 is 2.83 bits per heavy atom. The van der Waals surface area contributed by atoms with Gasteiger partial charge in [0.25, 0.3) is 0 Å². The van der Waals surface area contributed by atoms with Crippen molar-refractivity contribution in [3.8, 4) is 0 Å². The third-order valence-corrected chi connectivity index (χ3v) is 4.93. The van der Waals surface area contributed by atoms with Crippen LogP contribution in [0.4, 0.5) is 10.9 Å². The Morgan fingerprint density at radius 2 is 2.04 bits per heavy atom. The number of ether oxygens (including phenoxy) is 1. The van der Waals surface area contributed by atoms with Gasteiger partial charge < -0.3 is 10.1 Å². The molecule has 1 saturated heterocycles. The Labute approximate surface area is 144 Å². The van der Waals surface area contributed by atoms with Gasteiger partial charge in [0, 0.05) is 19.6 Å². The maximum atomic E-state index is 5.41. The van der Waals surface area contributed by atoms with Crippen LogP contribution in [0.5, 0.6) is 0 Å². The molecule has 3 aromatic rings. The monoisotopic (exact) mass is 341 g/mol. The van der Waals surface area contributed by atoms with Gasteiger partial charge in [0.05, 0.1) is 29.1 Å². The standard InChI is InChI=1S/C17H19N5OS/c1-12-2-5-16(21-20-12)19-17-18-14-4-3-13(10-15(14)24-17)11-22-6-8-23-9-7-22/h2-5,10H,6-9,11H2,1H3,(H,18,19,21). The van der Waals surface area contributed by atoms with E-state index in [2.05, 4.69) is 43.6 Å². The van der Waals surface area contributed by atoms with E-state index in [0.29, 0.717) is 5.82 Å². The number of nitrogens with zero attached hydrogens (tertiary/aromatic N) is 4. The summed E-state index contributed by atoms with van der Waals surface area (Å²) in [6.07, 6.45) is 0. The Balaban J connectivity index is 1.51. The number of fused-ring (bicyclic) bond motifs is 1. The van der Waals surface area contributed by atoms with Crippen LogP contribution in [0.3, 0.4) is 0 Å². The first-order chi connectivity index (χ1) is 11.8. The summed E-state index contributed by atoms with van der Waals surface area (Å²) in [5.41, 5.74) is 3.22. The van der Waals surface area contributed by atoms with Gasteiger partial charge in [0.15, 0.2) is 10.9 Å². The van der Waals surface area contributed by atoms with Crippen LogP contribution in [-0.2, 0) is 11.3 Å². The minimum atomic E-state index is 0.716. The number of aromatic nitrogens is 3. The molecular formula is C17H19N5OS. The third-order valence-electron chi connectivity index (χ3n) is 4.00. The minimum Gasteiger partial charge on any atom is -0.379 e. The average molecular weight is 341 g/mol. The lowest BCUT2D eigenvalue weighted by Gasteiger charge is -2.26. The molecule has 3 heterocycles. The van der Waals surface area contributed by atoms with E-state index in [9.17, 15) is 0 Å². The molecule has 0 spiro atoms. The van der Waals surface area contributed by atoms with Crippen molar-refractivity contribution in [2.24, 2.45) is 0 Å². The lowest BCUT2D eigenvalue weighted by atomic mass is 10.2. The van der Waals surface area contributed by atoms with Crippen LogP contribution in [0.1, 0.15) is 11.3 Å². The summed E-state index contributed by atoms with van der Waals surface area (Å²) in [7, 11) is 0. The van der Waals surface area contributed by atoms with Crippen molar-refractivity contribution >= 4 is 32.5 Å². The Morgan fingerprint density at radius 1 is 1.17 bits per heavy atom. The normalized spacial score (nSPS) is 15.7. The van der Waals surface area contributed by atoms with E-state index >= 15 is 0 Å². The van der Waals surface area contributed by atoms with Gasteiger partial charge in [0.2, 0.25) is 0 Å². The first-order valence-corrected chi connectivity index (χ1v) is 8.85. The highest BCUT2D eigenvalue weighted by Crippen LogP contribution is 2.28. The largest absolute Gasteiger partial charge is 0.379 e. The van der Waals surface area contributed by atoms with Crippen molar-refractivity contribution in [2.45, 2.75) is 13.5 Å². The summed E-state index contributed by atoms with van der Waals surface area (Å²) >= 11 is 1.64. The molecule has 1 N–H and O–H groups in total. The summed E-state index contributed by atoms with van der Waals surface area (Å²) in [5.74, 6) is 0.716. The highest BCUT2D eigenvalue weighted by Gasteiger charge is 2.12. The lowest BCUT2D eigenvalue weighted by molar-refractivity contribution is 0.0342. The van der Waals surface area contributed by atoms with Gasteiger partial charge in [-0.15, -0.1) is 5.10 Å². The Bertz CT molecular complexity index is 827. The smallest absolute Gasteiger partial charge is 0.189 e. The molecule has 24 heavy (non-hydrogen) atoms. The summed E-state index contributed by atoms with van der Waals surface area (Å²) in [6.45, 7) is 6.54. The number of aryl methyl sites for hydroxylation is 1. The van der Waals surface area contributed by atoms with E-state index in [1.54, 1.807) is 11.3 Å². The SMILES string of the molecule is Cc1ccc(Nc2nc3ccc(CN4CCOCC4)cc3s2)nn1. The van der Waals surface area contributed by atoms with Crippen LogP contribution in [0.25, 0.3) is 10.2 Å². The second-order valence-electron chi connectivity index (χ2n) is 5.89. The van der Waals surface area contributed by atoms with Gasteiger partial charge >= 0.3 is 0 Å². The summed E-state index contributed by atoms with van der Waals surface area (Å²) in [6, 6.07) is 10.3. The van der Waals surface area contributed by atoms with Crippen molar-refractivity contribution in [2.75, 3.05) is 31.6 Å². The van der Waals surface area contributed by atoms with Gasteiger partial charge in [-0.1, -0.05) is 17.4 Å². The molecular weight excluding hydrogens is 322 g/mol. The molecule has 1 fully saturated rings. The van der Waals surface area contributed by atoms with E-state index in [0.717, 1.165) is 49.2 Å². The van der Waals surface area contributed by atoms with E-state index < -0.39 is 0 Å². The van der Waals surface area contributed by atoms with E-state index in [1.807, 2.05) is 19.1 Å². The van der Waals surface area contributed by atoms with Crippen LogP contribution < -0.4 is 5.32 Å². The molecule has 0 saturated carbocycles. The molecule has 4 rings (SSSR count). The van der Waals surface area contributed by atoms with Crippen molar-refractivity contribution in [3.05, 3.63) is 41.6 Å². The quantitative estimate of drug-likeness (QED) is 0.787. The highest BCUT2D eigenvalue weighted by atomic mass is 32.1. The van der Waals surface area contributed by atoms with Gasteiger partial charge in [-0.25, -0.2) is 4.98 Å². The van der Waals surface area contributed by atoms with Crippen molar-refractivity contribution in [1.29, 1.82) is 0 Å². The maximum Gasteiger partial charge on any atom is 0.189 e. The number of anilines is 2. The lowest BCUT2D eigenvalue weighted by Crippen LogP contribution is -2.35. The molecule has 124 valence electrons. The molecule has 7 heteroatoms. The molecule has 0 amide bonds. The number of nitrogens with one attached hydrogen (secondary N) is 1. The molecule has 0 bridgehead atoms. The Hall–Kier alpha value is -2.09. The number of hydrogen-bond donors (Lipinski definition) is 1. The molecule has 0 radical (unpaired) electrons. The van der Waals surface area contributed by atoms with Gasteiger partial charge in [0.1, 0.15) is 0 Å². The summed E-state index contributed by atoms with van der Waals surface area (Å²) < 4.78 is 6.59. The zero-order valence-electron chi connectivity index (χ0n) is 13.5.